The Morgan fingerprint density at radius 2 is 2.14 bits per heavy atom. The van der Waals surface area contributed by atoms with Crippen molar-refractivity contribution < 1.29 is 9.53 Å². The number of unbranched alkanes of at least 4 members (excludes halogenated alkanes) is 1. The first-order valence-electron chi connectivity index (χ1n) is 8.53. The number of fused-ring (bicyclic) bond motifs is 3. The molecule has 2 nitrogen and oxygen atoms in total. The Hall–Kier alpha value is -1.57. The molecule has 118 valence electrons. The van der Waals surface area contributed by atoms with Crippen LogP contribution >= 0.6 is 0 Å². The largest absolute Gasteiger partial charge is 0.497 e. The Labute approximate surface area is 133 Å². The number of ether oxygens (including phenoxy) is 1. The van der Waals surface area contributed by atoms with Gasteiger partial charge in [-0.1, -0.05) is 25.8 Å². The second kappa shape index (κ2) is 5.91. The van der Waals surface area contributed by atoms with Gasteiger partial charge in [0.25, 0.3) is 0 Å². The fraction of sp³-hybridized carbons (Fsp3) is 0.550. The topological polar surface area (TPSA) is 26.3 Å². The highest BCUT2D eigenvalue weighted by atomic mass is 16.5. The molecule has 0 N–H and O–H groups in total. The van der Waals surface area contributed by atoms with Crippen LogP contribution in [0, 0.1) is 5.41 Å². The van der Waals surface area contributed by atoms with Crippen LogP contribution in [0.3, 0.4) is 0 Å². The third kappa shape index (κ3) is 2.39. The normalized spacial score (nSPS) is 24.0. The number of methoxy groups -OCH3 is 1. The zero-order valence-corrected chi connectivity index (χ0v) is 14.0. The summed E-state index contributed by atoms with van der Waals surface area (Å²) < 4.78 is 5.40. The van der Waals surface area contributed by atoms with E-state index in [9.17, 15) is 4.79 Å². The lowest BCUT2D eigenvalue weighted by Crippen LogP contribution is -2.20. The van der Waals surface area contributed by atoms with Gasteiger partial charge in [-0.25, -0.2) is 0 Å². The van der Waals surface area contributed by atoms with Gasteiger partial charge in [0.05, 0.1) is 7.11 Å². The summed E-state index contributed by atoms with van der Waals surface area (Å²) in [5, 5.41) is 0. The van der Waals surface area contributed by atoms with Gasteiger partial charge < -0.3 is 4.74 Å². The van der Waals surface area contributed by atoms with Gasteiger partial charge in [-0.3, -0.25) is 4.79 Å². The lowest BCUT2D eigenvalue weighted by atomic mass is 9.72. The average Bonchev–Trinajstić information content (AvgIpc) is 2.79. The van der Waals surface area contributed by atoms with Gasteiger partial charge in [0.15, 0.2) is 5.78 Å². The molecule has 0 heterocycles. The van der Waals surface area contributed by atoms with Crippen molar-refractivity contribution in [1.82, 2.24) is 0 Å². The molecule has 1 atom stereocenters. The van der Waals surface area contributed by atoms with Crippen molar-refractivity contribution in [2.75, 3.05) is 7.11 Å². The number of hydrogen-bond donors (Lipinski definition) is 0. The van der Waals surface area contributed by atoms with E-state index in [2.05, 4.69) is 19.1 Å². The van der Waals surface area contributed by atoms with Gasteiger partial charge in [0.1, 0.15) is 5.75 Å². The highest BCUT2D eigenvalue weighted by Crippen LogP contribution is 2.55. The Morgan fingerprint density at radius 1 is 1.32 bits per heavy atom. The number of Topliss-reactive ketones (excluding diaryl/α,β-unsaturated/α-hetero) is 1. The molecule has 2 heteroatoms. The average molecular weight is 298 g/mol. The van der Waals surface area contributed by atoms with Crippen LogP contribution in [0.15, 0.2) is 23.8 Å². The summed E-state index contributed by atoms with van der Waals surface area (Å²) >= 11 is 0. The van der Waals surface area contributed by atoms with E-state index in [-0.39, 0.29) is 5.41 Å². The predicted octanol–water partition coefficient (Wildman–Crippen LogP) is 4.95. The molecular weight excluding hydrogens is 272 g/mol. The van der Waals surface area contributed by atoms with Gasteiger partial charge in [-0.2, -0.15) is 0 Å². The summed E-state index contributed by atoms with van der Waals surface area (Å²) in [6.45, 7) is 4.29. The number of carbonyl (C=O) groups is 1. The molecule has 1 aromatic rings. The first-order chi connectivity index (χ1) is 10.6. The molecule has 1 unspecified atom stereocenters. The Morgan fingerprint density at radius 3 is 2.86 bits per heavy atom. The van der Waals surface area contributed by atoms with Crippen LogP contribution in [0.4, 0.5) is 0 Å². The lowest BCUT2D eigenvalue weighted by Gasteiger charge is -2.31. The number of allylic oxidation sites excluding steroid dienone is 2. The first-order valence-corrected chi connectivity index (χ1v) is 8.53. The predicted molar refractivity (Wildman–Crippen MR) is 90.1 cm³/mol. The fourth-order valence-electron chi connectivity index (χ4n) is 4.41. The molecule has 0 saturated carbocycles. The quantitative estimate of drug-likeness (QED) is 0.785. The van der Waals surface area contributed by atoms with Crippen molar-refractivity contribution >= 4 is 11.4 Å². The first kappa shape index (κ1) is 15.3. The van der Waals surface area contributed by atoms with Crippen molar-refractivity contribution in [2.24, 2.45) is 5.41 Å². The molecule has 0 bridgehead atoms. The minimum Gasteiger partial charge on any atom is -0.497 e. The Balaban J connectivity index is 2.14. The molecule has 2 aliphatic carbocycles. The molecule has 0 aromatic heterocycles. The summed E-state index contributed by atoms with van der Waals surface area (Å²) in [5.41, 5.74) is 5.20. The van der Waals surface area contributed by atoms with Crippen LogP contribution in [0.1, 0.15) is 63.5 Å². The summed E-state index contributed by atoms with van der Waals surface area (Å²) in [5.74, 6) is 1.27. The van der Waals surface area contributed by atoms with Crippen LogP contribution in [0.2, 0.25) is 0 Å². The van der Waals surface area contributed by atoms with E-state index in [0.29, 0.717) is 12.2 Å². The number of carbonyl (C=O) groups excluding carboxylic acids is 1. The van der Waals surface area contributed by atoms with E-state index >= 15 is 0 Å². The van der Waals surface area contributed by atoms with Crippen LogP contribution in [0.25, 0.3) is 5.57 Å². The van der Waals surface area contributed by atoms with Gasteiger partial charge in [-0.15, -0.1) is 0 Å². The molecule has 0 aliphatic heterocycles. The highest BCUT2D eigenvalue weighted by Gasteiger charge is 2.44. The zero-order valence-electron chi connectivity index (χ0n) is 14.0. The van der Waals surface area contributed by atoms with E-state index in [1.165, 1.54) is 36.0 Å². The standard InChI is InChI=1S/C20H26O2/c1-4-5-10-20-11-6-7-18(21)14(2)19(20)17-9-8-16(22-3)12-15(17)13-20/h8-9,12H,4-7,10-11,13H2,1-3H3. The van der Waals surface area contributed by atoms with Crippen molar-refractivity contribution in [3.8, 4) is 5.75 Å². The van der Waals surface area contributed by atoms with E-state index in [0.717, 1.165) is 30.6 Å². The number of benzene rings is 1. The second-order valence-corrected chi connectivity index (χ2v) is 6.86. The fourth-order valence-corrected chi connectivity index (χ4v) is 4.41. The maximum Gasteiger partial charge on any atom is 0.158 e. The minimum atomic E-state index is 0.181. The second-order valence-electron chi connectivity index (χ2n) is 6.86. The summed E-state index contributed by atoms with van der Waals surface area (Å²) in [7, 11) is 1.72. The maximum atomic E-state index is 12.4. The molecule has 3 rings (SSSR count). The summed E-state index contributed by atoms with van der Waals surface area (Å²) in [4.78, 5) is 12.4. The Kier molecular flexibility index (Phi) is 4.12. The van der Waals surface area contributed by atoms with E-state index in [1.54, 1.807) is 7.11 Å². The SMILES string of the molecule is CCCCC12CCCC(=O)C(C)=C1c1ccc(OC)cc1C2. The van der Waals surface area contributed by atoms with E-state index in [4.69, 9.17) is 4.74 Å². The molecule has 0 spiro atoms. The molecule has 0 saturated heterocycles. The van der Waals surface area contributed by atoms with Gasteiger partial charge in [-0.05, 0) is 67.0 Å². The smallest absolute Gasteiger partial charge is 0.158 e. The van der Waals surface area contributed by atoms with Gasteiger partial charge >= 0.3 is 0 Å². The Bertz CT molecular complexity index is 627. The monoisotopic (exact) mass is 298 g/mol. The van der Waals surface area contributed by atoms with Gasteiger partial charge in [0, 0.05) is 11.8 Å². The molecule has 0 amide bonds. The van der Waals surface area contributed by atoms with Crippen LogP contribution < -0.4 is 4.74 Å². The molecule has 22 heavy (non-hydrogen) atoms. The molecule has 0 fully saturated rings. The lowest BCUT2D eigenvalue weighted by molar-refractivity contribution is -0.115. The molecule has 1 aromatic carbocycles. The van der Waals surface area contributed by atoms with Crippen molar-refractivity contribution in [3.05, 3.63) is 34.9 Å². The highest BCUT2D eigenvalue weighted by molar-refractivity contribution is 6.04. The minimum absolute atomic E-state index is 0.181. The van der Waals surface area contributed by atoms with Crippen molar-refractivity contribution in [1.29, 1.82) is 0 Å². The number of hydrogen-bond acceptors (Lipinski definition) is 2. The summed E-state index contributed by atoms with van der Waals surface area (Å²) in [6.07, 6.45) is 7.59. The van der Waals surface area contributed by atoms with E-state index in [1.807, 2.05) is 13.0 Å². The number of rotatable bonds is 4. The third-order valence-corrected chi connectivity index (χ3v) is 5.50. The van der Waals surface area contributed by atoms with Crippen LogP contribution in [-0.4, -0.2) is 12.9 Å². The molecular formula is C20H26O2. The van der Waals surface area contributed by atoms with Crippen LogP contribution in [0.5, 0.6) is 5.75 Å². The molecule has 0 radical (unpaired) electrons. The maximum absolute atomic E-state index is 12.4. The molecule has 2 aliphatic rings. The van der Waals surface area contributed by atoms with Crippen molar-refractivity contribution in [3.63, 3.8) is 0 Å². The zero-order chi connectivity index (χ0) is 15.7. The van der Waals surface area contributed by atoms with Gasteiger partial charge in [0.2, 0.25) is 0 Å². The van der Waals surface area contributed by atoms with Crippen LogP contribution in [-0.2, 0) is 11.2 Å². The van der Waals surface area contributed by atoms with Crippen molar-refractivity contribution in [2.45, 2.75) is 58.8 Å². The van der Waals surface area contributed by atoms with E-state index < -0.39 is 0 Å². The number of ketones is 1. The third-order valence-electron chi connectivity index (χ3n) is 5.50. The summed E-state index contributed by atoms with van der Waals surface area (Å²) in [6, 6.07) is 6.37.